The van der Waals surface area contributed by atoms with E-state index in [9.17, 15) is 4.79 Å². The molecule has 0 radical (unpaired) electrons. The van der Waals surface area contributed by atoms with E-state index in [1.54, 1.807) is 11.8 Å². The Bertz CT molecular complexity index is 697. The fraction of sp³-hybridized carbons (Fsp3) is 0.176. The van der Waals surface area contributed by atoms with Crippen LogP contribution in [-0.2, 0) is 4.79 Å². The number of nitrogens with zero attached hydrogens (tertiary/aromatic N) is 2. The average molecular weight is 296 g/mol. The lowest BCUT2D eigenvalue weighted by Crippen LogP contribution is -2.29. The first-order valence-corrected chi connectivity index (χ1v) is 7.71. The van der Waals surface area contributed by atoms with Crippen LogP contribution in [0.25, 0.3) is 0 Å². The van der Waals surface area contributed by atoms with Crippen molar-refractivity contribution < 1.29 is 4.79 Å². The molecule has 0 N–H and O–H groups in total. The van der Waals surface area contributed by atoms with Gasteiger partial charge in [0.1, 0.15) is 5.25 Å². The van der Waals surface area contributed by atoms with Crippen LogP contribution in [0.1, 0.15) is 12.5 Å². The molecule has 1 atom stereocenters. The smallest absolute Gasteiger partial charge is 0.266 e. The SMILES string of the molecule is CC1=NN(c2ccccc2)C(=O)C1Sc1ccccc1C. The van der Waals surface area contributed by atoms with Gasteiger partial charge in [-0.2, -0.15) is 10.1 Å². The number of aryl methyl sites for hydroxylation is 1. The number of rotatable bonds is 3. The number of benzene rings is 2. The van der Waals surface area contributed by atoms with Crippen LogP contribution in [0.5, 0.6) is 0 Å². The van der Waals surface area contributed by atoms with E-state index in [1.807, 2.05) is 55.5 Å². The van der Waals surface area contributed by atoms with Crippen LogP contribution in [0, 0.1) is 6.92 Å². The molecule has 2 aromatic carbocycles. The number of para-hydroxylation sites is 1. The average Bonchev–Trinajstić information content (AvgIpc) is 2.78. The van der Waals surface area contributed by atoms with Crippen LogP contribution in [0.4, 0.5) is 5.69 Å². The lowest BCUT2D eigenvalue weighted by atomic mass is 10.2. The maximum absolute atomic E-state index is 12.6. The Morgan fingerprint density at radius 1 is 1.00 bits per heavy atom. The normalized spacial score (nSPS) is 18.0. The molecular formula is C17H16N2OS. The lowest BCUT2D eigenvalue weighted by molar-refractivity contribution is -0.116. The Hall–Kier alpha value is -2.07. The zero-order valence-corrected chi connectivity index (χ0v) is 12.8. The van der Waals surface area contributed by atoms with Crippen molar-refractivity contribution in [3.8, 4) is 0 Å². The maximum atomic E-state index is 12.6. The van der Waals surface area contributed by atoms with Gasteiger partial charge in [0.2, 0.25) is 0 Å². The minimum absolute atomic E-state index is 0.0203. The van der Waals surface area contributed by atoms with E-state index in [0.717, 1.165) is 16.3 Å². The Labute approximate surface area is 128 Å². The summed E-state index contributed by atoms with van der Waals surface area (Å²) in [6, 6.07) is 17.7. The summed E-state index contributed by atoms with van der Waals surface area (Å²) < 4.78 is 0. The van der Waals surface area contributed by atoms with E-state index in [2.05, 4.69) is 18.1 Å². The van der Waals surface area contributed by atoms with Crippen molar-refractivity contribution in [3.05, 3.63) is 60.2 Å². The molecular weight excluding hydrogens is 280 g/mol. The molecule has 106 valence electrons. The molecule has 1 aliphatic heterocycles. The van der Waals surface area contributed by atoms with E-state index in [4.69, 9.17) is 0 Å². The third-order valence-electron chi connectivity index (χ3n) is 3.41. The van der Waals surface area contributed by atoms with Crippen LogP contribution in [0.15, 0.2) is 64.6 Å². The highest BCUT2D eigenvalue weighted by molar-refractivity contribution is 8.01. The Morgan fingerprint density at radius 3 is 2.38 bits per heavy atom. The van der Waals surface area contributed by atoms with Crippen molar-refractivity contribution >= 4 is 29.1 Å². The lowest BCUT2D eigenvalue weighted by Gasteiger charge is -2.14. The summed E-state index contributed by atoms with van der Waals surface area (Å²) in [5, 5.41) is 5.69. The molecule has 1 aliphatic rings. The quantitative estimate of drug-likeness (QED) is 0.861. The molecule has 0 saturated carbocycles. The van der Waals surface area contributed by atoms with Gasteiger partial charge in [-0.3, -0.25) is 4.79 Å². The summed E-state index contributed by atoms with van der Waals surface area (Å²) in [6.45, 7) is 3.97. The van der Waals surface area contributed by atoms with E-state index in [1.165, 1.54) is 10.6 Å². The summed E-state index contributed by atoms with van der Waals surface area (Å²) >= 11 is 1.57. The first-order chi connectivity index (χ1) is 10.2. The van der Waals surface area contributed by atoms with Gasteiger partial charge in [0.05, 0.1) is 11.4 Å². The summed E-state index contributed by atoms with van der Waals surface area (Å²) in [7, 11) is 0. The molecule has 1 unspecified atom stereocenters. The van der Waals surface area contributed by atoms with Crippen LogP contribution in [0.2, 0.25) is 0 Å². The van der Waals surface area contributed by atoms with Crippen molar-refractivity contribution in [2.75, 3.05) is 5.01 Å². The second-order valence-corrected chi connectivity index (χ2v) is 6.14. The third-order valence-corrected chi connectivity index (χ3v) is 4.90. The van der Waals surface area contributed by atoms with Gasteiger partial charge in [0, 0.05) is 4.90 Å². The molecule has 0 spiro atoms. The molecule has 0 fully saturated rings. The molecule has 0 bridgehead atoms. The molecule has 4 heteroatoms. The van der Waals surface area contributed by atoms with Crippen molar-refractivity contribution in [3.63, 3.8) is 0 Å². The predicted molar refractivity (Wildman–Crippen MR) is 87.9 cm³/mol. The summed E-state index contributed by atoms with van der Waals surface area (Å²) in [4.78, 5) is 13.7. The largest absolute Gasteiger partial charge is 0.271 e. The molecule has 3 rings (SSSR count). The minimum Gasteiger partial charge on any atom is -0.271 e. The maximum Gasteiger partial charge on any atom is 0.266 e. The third kappa shape index (κ3) is 2.72. The number of carbonyl (C=O) groups excluding carboxylic acids is 1. The second-order valence-electron chi connectivity index (χ2n) is 4.99. The van der Waals surface area contributed by atoms with E-state index >= 15 is 0 Å². The standard InChI is InChI=1S/C17H16N2OS/c1-12-8-6-7-11-15(12)21-16-13(2)18-19(17(16)20)14-9-4-3-5-10-14/h3-11,16H,1-2H3. The minimum atomic E-state index is -0.244. The van der Waals surface area contributed by atoms with Gasteiger partial charge in [-0.05, 0) is 37.6 Å². The molecule has 1 amide bonds. The van der Waals surface area contributed by atoms with Crippen molar-refractivity contribution in [1.82, 2.24) is 0 Å². The molecule has 21 heavy (non-hydrogen) atoms. The molecule has 3 nitrogen and oxygen atoms in total. The number of thioether (sulfide) groups is 1. The summed E-state index contributed by atoms with van der Waals surface area (Å²) in [6.07, 6.45) is 0. The van der Waals surface area contributed by atoms with Gasteiger partial charge in [0.15, 0.2) is 0 Å². The monoisotopic (exact) mass is 296 g/mol. The first kappa shape index (κ1) is 13.9. The van der Waals surface area contributed by atoms with Gasteiger partial charge >= 0.3 is 0 Å². The Morgan fingerprint density at radius 2 is 1.67 bits per heavy atom. The van der Waals surface area contributed by atoms with Crippen molar-refractivity contribution in [2.45, 2.75) is 24.0 Å². The number of anilines is 1. The van der Waals surface area contributed by atoms with Gasteiger partial charge in [-0.15, -0.1) is 11.8 Å². The topological polar surface area (TPSA) is 32.7 Å². The van der Waals surface area contributed by atoms with Crippen LogP contribution in [0.3, 0.4) is 0 Å². The highest BCUT2D eigenvalue weighted by Crippen LogP contribution is 2.33. The highest BCUT2D eigenvalue weighted by Gasteiger charge is 2.35. The summed E-state index contributed by atoms with van der Waals surface area (Å²) in [5.41, 5.74) is 2.84. The summed E-state index contributed by atoms with van der Waals surface area (Å²) in [5.74, 6) is 0.0203. The number of carbonyl (C=O) groups is 1. The van der Waals surface area contributed by atoms with E-state index < -0.39 is 0 Å². The van der Waals surface area contributed by atoms with Gasteiger partial charge in [0.25, 0.3) is 5.91 Å². The van der Waals surface area contributed by atoms with Crippen LogP contribution < -0.4 is 5.01 Å². The fourth-order valence-corrected chi connectivity index (χ4v) is 3.34. The van der Waals surface area contributed by atoms with Gasteiger partial charge in [-0.25, -0.2) is 0 Å². The Kier molecular flexibility index (Phi) is 3.80. The number of amides is 1. The van der Waals surface area contributed by atoms with Gasteiger partial charge < -0.3 is 0 Å². The molecule has 0 saturated heterocycles. The molecule has 0 aromatic heterocycles. The molecule has 0 aliphatic carbocycles. The van der Waals surface area contributed by atoms with E-state index in [-0.39, 0.29) is 11.2 Å². The zero-order chi connectivity index (χ0) is 14.8. The van der Waals surface area contributed by atoms with Crippen molar-refractivity contribution in [1.29, 1.82) is 0 Å². The van der Waals surface area contributed by atoms with Crippen molar-refractivity contribution in [2.24, 2.45) is 5.10 Å². The highest BCUT2D eigenvalue weighted by atomic mass is 32.2. The number of hydrogen-bond acceptors (Lipinski definition) is 3. The zero-order valence-electron chi connectivity index (χ0n) is 12.0. The van der Waals surface area contributed by atoms with E-state index in [0.29, 0.717) is 0 Å². The Balaban J connectivity index is 1.85. The predicted octanol–water partition coefficient (Wildman–Crippen LogP) is 3.88. The first-order valence-electron chi connectivity index (χ1n) is 6.83. The van der Waals surface area contributed by atoms with Crippen LogP contribution in [-0.4, -0.2) is 16.9 Å². The fourth-order valence-electron chi connectivity index (χ4n) is 2.25. The van der Waals surface area contributed by atoms with Gasteiger partial charge in [-0.1, -0.05) is 36.4 Å². The number of hydrogen-bond donors (Lipinski definition) is 0. The van der Waals surface area contributed by atoms with Crippen LogP contribution >= 0.6 is 11.8 Å². The molecule has 2 aromatic rings. The molecule has 1 heterocycles. The number of hydrazone groups is 1. The second kappa shape index (κ2) is 5.74.